The van der Waals surface area contributed by atoms with Gasteiger partial charge in [-0.05, 0) is 50.1 Å². The topological polar surface area (TPSA) is 93.5 Å². The number of hydrogen-bond donors (Lipinski definition) is 0. The van der Waals surface area contributed by atoms with Gasteiger partial charge in [0.1, 0.15) is 23.1 Å². The molecule has 1 amide bonds. The molecule has 2 bridgehead atoms. The van der Waals surface area contributed by atoms with E-state index in [0.29, 0.717) is 30.2 Å². The molecule has 3 aromatic heterocycles. The Balaban J connectivity index is 1.69. The van der Waals surface area contributed by atoms with Crippen molar-refractivity contribution in [3.05, 3.63) is 77.0 Å². The van der Waals surface area contributed by atoms with Crippen molar-refractivity contribution in [2.45, 2.75) is 50.6 Å². The minimum Gasteiger partial charge on any atom is -0.492 e. The standard InChI is InChI=1S/C32H32F2N6O3S/c1-6-25(41)38-15-19(5)39(16-18(38)4)30-20-14-22(34)28-26-21(33)8-7-9-23(26)43-12-13-44-24-10-11-35-27(17(2)3)29(24)40(31(20)36-28)32(42)37-30/h6-11,14,17-19H,1,12-13,15-16H2,2-5H3/t18-,19+/m1/s1. The van der Waals surface area contributed by atoms with Gasteiger partial charge < -0.3 is 14.5 Å². The van der Waals surface area contributed by atoms with E-state index in [1.54, 1.807) is 17.2 Å². The predicted octanol–water partition coefficient (Wildman–Crippen LogP) is 5.34. The molecular weight excluding hydrogens is 586 g/mol. The number of fused-ring (bicyclic) bond motifs is 5. The Kier molecular flexibility index (Phi) is 7.87. The second-order valence-electron chi connectivity index (χ2n) is 11.3. The van der Waals surface area contributed by atoms with Crippen molar-refractivity contribution in [3.63, 3.8) is 0 Å². The average Bonchev–Trinajstić information content (AvgIpc) is 2.99. The van der Waals surface area contributed by atoms with Crippen LogP contribution in [0.2, 0.25) is 0 Å². The summed E-state index contributed by atoms with van der Waals surface area (Å²) >= 11 is 1.47. The van der Waals surface area contributed by atoms with Gasteiger partial charge in [0.2, 0.25) is 5.91 Å². The van der Waals surface area contributed by atoms with E-state index >= 15 is 8.78 Å². The van der Waals surface area contributed by atoms with Gasteiger partial charge in [-0.25, -0.2) is 23.1 Å². The average molecular weight is 619 g/mol. The van der Waals surface area contributed by atoms with Crippen LogP contribution in [0.4, 0.5) is 14.6 Å². The number of ether oxygens (including phenoxy) is 1. The molecule has 1 saturated heterocycles. The number of nitrogens with zero attached hydrogens (tertiary/aromatic N) is 6. The zero-order valence-electron chi connectivity index (χ0n) is 24.9. The lowest BCUT2D eigenvalue weighted by Crippen LogP contribution is -2.58. The Morgan fingerprint density at radius 1 is 1.14 bits per heavy atom. The molecule has 9 nitrogen and oxygen atoms in total. The van der Waals surface area contributed by atoms with Crippen molar-refractivity contribution in [1.82, 2.24) is 24.4 Å². The van der Waals surface area contributed by atoms with Crippen LogP contribution in [0.15, 0.2) is 58.9 Å². The molecule has 0 N–H and O–H groups in total. The molecular formula is C32H32F2N6O3S. The van der Waals surface area contributed by atoms with Crippen LogP contribution >= 0.6 is 11.8 Å². The lowest BCUT2D eigenvalue weighted by Gasteiger charge is -2.44. The molecule has 2 atom stereocenters. The molecule has 0 aliphatic carbocycles. The number of benzene rings is 1. The van der Waals surface area contributed by atoms with Crippen molar-refractivity contribution < 1.29 is 18.3 Å². The van der Waals surface area contributed by atoms with Gasteiger partial charge in [-0.3, -0.25) is 9.78 Å². The summed E-state index contributed by atoms with van der Waals surface area (Å²) in [5.41, 5.74) is 0.244. The molecule has 44 heavy (non-hydrogen) atoms. The summed E-state index contributed by atoms with van der Waals surface area (Å²) in [6, 6.07) is 6.87. The number of piperazine rings is 1. The molecule has 0 unspecified atom stereocenters. The summed E-state index contributed by atoms with van der Waals surface area (Å²) in [6.45, 7) is 12.3. The Hall–Kier alpha value is -4.32. The summed E-state index contributed by atoms with van der Waals surface area (Å²) in [6.07, 6.45) is 2.97. The molecule has 6 rings (SSSR count). The van der Waals surface area contributed by atoms with Gasteiger partial charge in [-0.1, -0.05) is 26.5 Å². The highest BCUT2D eigenvalue weighted by molar-refractivity contribution is 7.99. The fourth-order valence-electron chi connectivity index (χ4n) is 5.92. The molecule has 2 aliphatic heterocycles. The summed E-state index contributed by atoms with van der Waals surface area (Å²) in [5, 5.41) is 0.277. The highest BCUT2D eigenvalue weighted by Crippen LogP contribution is 2.39. The van der Waals surface area contributed by atoms with E-state index in [4.69, 9.17) is 9.72 Å². The Bertz CT molecular complexity index is 1860. The maximum Gasteiger partial charge on any atom is 0.355 e. The highest BCUT2D eigenvalue weighted by atomic mass is 32.2. The fourth-order valence-corrected chi connectivity index (χ4v) is 6.80. The first-order valence-corrected chi connectivity index (χ1v) is 15.5. The molecule has 4 aromatic rings. The lowest BCUT2D eigenvalue weighted by molar-refractivity contribution is -0.128. The van der Waals surface area contributed by atoms with Gasteiger partial charge in [-0.2, -0.15) is 4.98 Å². The summed E-state index contributed by atoms with van der Waals surface area (Å²) in [7, 11) is 0. The number of pyridine rings is 2. The Morgan fingerprint density at radius 3 is 2.68 bits per heavy atom. The van der Waals surface area contributed by atoms with Crippen LogP contribution < -0.4 is 15.3 Å². The minimum absolute atomic E-state index is 0.0780. The molecule has 5 heterocycles. The maximum atomic E-state index is 16.2. The Morgan fingerprint density at radius 2 is 1.93 bits per heavy atom. The third kappa shape index (κ3) is 5.00. The van der Waals surface area contributed by atoms with Gasteiger partial charge >= 0.3 is 5.69 Å². The first-order valence-electron chi connectivity index (χ1n) is 14.5. The molecule has 0 spiro atoms. The number of amides is 1. The van der Waals surface area contributed by atoms with Crippen molar-refractivity contribution in [3.8, 4) is 22.7 Å². The number of halogens is 2. The minimum atomic E-state index is -0.788. The third-order valence-electron chi connectivity index (χ3n) is 8.01. The largest absolute Gasteiger partial charge is 0.492 e. The molecule has 1 aromatic carbocycles. The summed E-state index contributed by atoms with van der Waals surface area (Å²) in [4.78, 5) is 44.9. The van der Waals surface area contributed by atoms with Crippen LogP contribution in [-0.4, -0.2) is 67.9 Å². The summed E-state index contributed by atoms with van der Waals surface area (Å²) in [5.74, 6) is -0.886. The van der Waals surface area contributed by atoms with Crippen LogP contribution in [0.1, 0.15) is 39.3 Å². The van der Waals surface area contributed by atoms with E-state index in [1.165, 1.54) is 40.6 Å². The van der Waals surface area contributed by atoms with Crippen LogP contribution in [-0.2, 0) is 4.79 Å². The van der Waals surface area contributed by atoms with E-state index in [1.807, 2.05) is 38.7 Å². The number of anilines is 1. The van der Waals surface area contributed by atoms with E-state index in [9.17, 15) is 9.59 Å². The molecule has 228 valence electrons. The smallest absolute Gasteiger partial charge is 0.355 e. The second kappa shape index (κ2) is 11.6. The van der Waals surface area contributed by atoms with Crippen LogP contribution in [0.3, 0.4) is 0 Å². The molecule has 0 radical (unpaired) electrons. The quantitative estimate of drug-likeness (QED) is 0.284. The van der Waals surface area contributed by atoms with Crippen molar-refractivity contribution in [2.75, 3.05) is 30.3 Å². The molecule has 0 saturated carbocycles. The van der Waals surface area contributed by atoms with Crippen molar-refractivity contribution >= 4 is 34.5 Å². The lowest BCUT2D eigenvalue weighted by atomic mass is 10.1. The summed E-state index contributed by atoms with van der Waals surface area (Å²) < 4.78 is 38.9. The molecule has 1 fully saturated rings. The second-order valence-corrected chi connectivity index (χ2v) is 12.4. The van der Waals surface area contributed by atoms with E-state index in [-0.39, 0.29) is 64.4 Å². The first-order chi connectivity index (χ1) is 21.1. The van der Waals surface area contributed by atoms with Gasteiger partial charge in [0.05, 0.1) is 28.9 Å². The number of rotatable bonds is 3. The van der Waals surface area contributed by atoms with Crippen molar-refractivity contribution in [2.24, 2.45) is 0 Å². The first kappa shape index (κ1) is 29.7. The zero-order valence-corrected chi connectivity index (χ0v) is 25.7. The number of carbonyl (C=O) groups excluding carboxylic acids is 1. The van der Waals surface area contributed by atoms with Crippen molar-refractivity contribution in [1.29, 1.82) is 0 Å². The zero-order chi connectivity index (χ0) is 31.3. The predicted molar refractivity (Wildman–Crippen MR) is 167 cm³/mol. The third-order valence-corrected chi connectivity index (χ3v) is 9.03. The van der Waals surface area contributed by atoms with Gasteiger partial charge in [0.25, 0.3) is 0 Å². The number of thioether (sulfide) groups is 1. The Labute approximate surface area is 257 Å². The van der Waals surface area contributed by atoms with Gasteiger partial charge in [0.15, 0.2) is 11.5 Å². The van der Waals surface area contributed by atoms with E-state index in [2.05, 4.69) is 16.5 Å². The SMILES string of the molecule is C=CC(=O)N1C[C@H](C)N(c2nc(=O)n3c4nc(c(F)cc24)-c2c(F)cccc2OCCSc2ccnc(C(C)C)c2-3)C[C@H]1C. The van der Waals surface area contributed by atoms with Crippen LogP contribution in [0.5, 0.6) is 5.75 Å². The van der Waals surface area contributed by atoms with Crippen LogP contribution in [0, 0.1) is 11.6 Å². The fraction of sp³-hybridized carbons (Fsp3) is 0.344. The van der Waals surface area contributed by atoms with E-state index in [0.717, 1.165) is 4.90 Å². The number of hydrogen-bond acceptors (Lipinski definition) is 8. The molecule has 12 heteroatoms. The van der Waals surface area contributed by atoms with E-state index < -0.39 is 17.3 Å². The van der Waals surface area contributed by atoms with Gasteiger partial charge in [-0.15, -0.1) is 11.8 Å². The normalized spacial score (nSPS) is 18.3. The monoisotopic (exact) mass is 618 g/mol. The highest BCUT2D eigenvalue weighted by Gasteiger charge is 2.34. The number of aromatic nitrogens is 4. The molecule has 2 aliphatic rings. The maximum absolute atomic E-state index is 16.2. The van der Waals surface area contributed by atoms with Crippen LogP contribution in [0.25, 0.3) is 28.0 Å². The number of carbonyl (C=O) groups is 1. The van der Waals surface area contributed by atoms with Gasteiger partial charge in [0, 0.05) is 42.0 Å².